The van der Waals surface area contributed by atoms with E-state index in [1.807, 2.05) is 12.1 Å². The maximum Gasteiger partial charge on any atom is 0.156 e. The van der Waals surface area contributed by atoms with Gasteiger partial charge in [-0.15, -0.1) is 0 Å². The van der Waals surface area contributed by atoms with E-state index < -0.39 is 15.4 Å². The van der Waals surface area contributed by atoms with Crippen molar-refractivity contribution in [2.24, 2.45) is 5.92 Å². The van der Waals surface area contributed by atoms with Crippen LogP contribution in [0.15, 0.2) is 24.3 Å². The molecular weight excluding hydrogens is 284 g/mol. The molecule has 2 fully saturated rings. The molecule has 21 heavy (non-hydrogen) atoms. The minimum absolute atomic E-state index is 0.350. The highest BCUT2D eigenvalue weighted by Crippen LogP contribution is 2.47. The third-order valence-corrected chi connectivity index (χ3v) is 7.67. The fourth-order valence-corrected chi connectivity index (χ4v) is 6.39. The summed E-state index contributed by atoms with van der Waals surface area (Å²) in [6.07, 6.45) is 3.16. The van der Waals surface area contributed by atoms with E-state index in [0.717, 1.165) is 12.0 Å². The fourth-order valence-electron chi connectivity index (χ4n) is 3.90. The smallest absolute Gasteiger partial charge is 0.156 e. The van der Waals surface area contributed by atoms with Crippen LogP contribution in [0, 0.1) is 5.92 Å². The minimum Gasteiger partial charge on any atom is -0.385 e. The van der Waals surface area contributed by atoms with Gasteiger partial charge in [0, 0.05) is 0 Å². The predicted octanol–water partition coefficient (Wildman–Crippen LogP) is 2.81. The summed E-state index contributed by atoms with van der Waals surface area (Å²) in [4.78, 5) is 0. The monoisotopic (exact) mass is 308 g/mol. The zero-order valence-corrected chi connectivity index (χ0v) is 13.6. The van der Waals surface area contributed by atoms with Gasteiger partial charge in [-0.25, -0.2) is 8.42 Å². The molecule has 1 N–H and O–H groups in total. The maximum atomic E-state index is 12.2. The van der Waals surface area contributed by atoms with Crippen molar-refractivity contribution in [3.63, 3.8) is 0 Å². The lowest BCUT2D eigenvalue weighted by Crippen LogP contribution is -2.43. The molecule has 2 aliphatic heterocycles. The first-order valence-electron chi connectivity index (χ1n) is 7.86. The lowest BCUT2D eigenvalue weighted by Gasteiger charge is -2.36. The molecule has 116 valence electrons. The molecule has 2 saturated heterocycles. The number of benzene rings is 1. The van der Waals surface area contributed by atoms with Gasteiger partial charge >= 0.3 is 0 Å². The van der Waals surface area contributed by atoms with Crippen LogP contribution in [0.25, 0.3) is 0 Å². The Hall–Kier alpha value is -0.870. The van der Waals surface area contributed by atoms with Crippen LogP contribution in [-0.2, 0) is 21.9 Å². The second-order valence-corrected chi connectivity index (χ2v) is 9.66. The van der Waals surface area contributed by atoms with E-state index in [1.165, 1.54) is 5.56 Å². The second kappa shape index (κ2) is 5.10. The SMILES string of the molecule is CC(C)Cc1ccc(C2(O)CC3CCC(C2)S3(=O)=O)cc1. The number of sulfone groups is 1. The summed E-state index contributed by atoms with van der Waals surface area (Å²) in [5.41, 5.74) is 1.18. The van der Waals surface area contributed by atoms with Crippen LogP contribution in [0.1, 0.15) is 50.7 Å². The van der Waals surface area contributed by atoms with E-state index in [9.17, 15) is 13.5 Å². The van der Waals surface area contributed by atoms with E-state index >= 15 is 0 Å². The number of fused-ring (bicyclic) bond motifs is 2. The van der Waals surface area contributed by atoms with E-state index in [1.54, 1.807) is 0 Å². The van der Waals surface area contributed by atoms with Crippen molar-refractivity contribution in [3.8, 4) is 0 Å². The van der Waals surface area contributed by atoms with Crippen molar-refractivity contribution in [2.45, 2.75) is 62.1 Å². The van der Waals surface area contributed by atoms with Crippen LogP contribution in [0.2, 0.25) is 0 Å². The lowest BCUT2D eigenvalue weighted by atomic mass is 9.85. The molecule has 2 heterocycles. The van der Waals surface area contributed by atoms with E-state index in [4.69, 9.17) is 0 Å². The molecular formula is C17H24O3S. The summed E-state index contributed by atoms with van der Waals surface area (Å²) in [6, 6.07) is 8.10. The quantitative estimate of drug-likeness (QED) is 0.934. The number of hydrogen-bond donors (Lipinski definition) is 1. The van der Waals surface area contributed by atoms with Gasteiger partial charge < -0.3 is 5.11 Å². The molecule has 0 aromatic heterocycles. The van der Waals surface area contributed by atoms with Gasteiger partial charge in [-0.3, -0.25) is 0 Å². The molecule has 0 amide bonds. The van der Waals surface area contributed by atoms with Crippen molar-refractivity contribution >= 4 is 9.84 Å². The molecule has 2 bridgehead atoms. The number of aliphatic hydroxyl groups is 1. The molecule has 0 spiro atoms. The van der Waals surface area contributed by atoms with Crippen LogP contribution < -0.4 is 0 Å². The largest absolute Gasteiger partial charge is 0.385 e. The van der Waals surface area contributed by atoms with Gasteiger partial charge in [-0.1, -0.05) is 38.1 Å². The van der Waals surface area contributed by atoms with Crippen molar-refractivity contribution in [1.29, 1.82) is 0 Å². The summed E-state index contributed by atoms with van der Waals surface area (Å²) in [6.45, 7) is 4.37. The predicted molar refractivity (Wildman–Crippen MR) is 83.8 cm³/mol. The van der Waals surface area contributed by atoms with Gasteiger partial charge in [-0.2, -0.15) is 0 Å². The van der Waals surface area contributed by atoms with Crippen LogP contribution in [0.5, 0.6) is 0 Å². The van der Waals surface area contributed by atoms with Crippen LogP contribution >= 0.6 is 0 Å². The summed E-state index contributed by atoms with van der Waals surface area (Å²) < 4.78 is 24.3. The van der Waals surface area contributed by atoms with Gasteiger partial charge in [0.1, 0.15) is 0 Å². The highest BCUT2D eigenvalue weighted by molar-refractivity contribution is 7.93. The Morgan fingerprint density at radius 1 is 1.14 bits per heavy atom. The average molecular weight is 308 g/mol. The summed E-state index contributed by atoms with van der Waals surface area (Å²) in [5, 5.41) is 10.3. The van der Waals surface area contributed by atoms with Gasteiger partial charge in [0.05, 0.1) is 16.1 Å². The van der Waals surface area contributed by atoms with E-state index in [0.29, 0.717) is 31.6 Å². The first kappa shape index (κ1) is 15.0. The Balaban J connectivity index is 1.84. The second-order valence-electron chi connectivity index (χ2n) is 7.15. The molecule has 1 aromatic rings. The fraction of sp³-hybridized carbons (Fsp3) is 0.647. The number of rotatable bonds is 3. The first-order chi connectivity index (χ1) is 9.81. The molecule has 2 unspecified atom stereocenters. The number of hydrogen-bond acceptors (Lipinski definition) is 3. The zero-order chi connectivity index (χ0) is 15.3. The van der Waals surface area contributed by atoms with Gasteiger partial charge in [0.15, 0.2) is 9.84 Å². The summed E-state index contributed by atoms with van der Waals surface area (Å²) in [7, 11) is -2.99. The van der Waals surface area contributed by atoms with Gasteiger partial charge in [0.25, 0.3) is 0 Å². The maximum absolute atomic E-state index is 12.2. The van der Waals surface area contributed by atoms with Gasteiger partial charge in [-0.05, 0) is 49.1 Å². The van der Waals surface area contributed by atoms with Crippen LogP contribution in [0.3, 0.4) is 0 Å². The average Bonchev–Trinajstić information content (AvgIpc) is 2.59. The van der Waals surface area contributed by atoms with Crippen LogP contribution in [0.4, 0.5) is 0 Å². The Bertz CT molecular complexity index is 596. The third-order valence-electron chi connectivity index (χ3n) is 5.01. The van der Waals surface area contributed by atoms with Crippen molar-refractivity contribution in [2.75, 3.05) is 0 Å². The molecule has 1 aromatic carbocycles. The molecule has 4 heteroatoms. The Kier molecular flexibility index (Phi) is 3.65. The Morgan fingerprint density at radius 2 is 1.67 bits per heavy atom. The highest BCUT2D eigenvalue weighted by Gasteiger charge is 2.53. The van der Waals surface area contributed by atoms with Crippen molar-refractivity contribution < 1.29 is 13.5 Å². The van der Waals surface area contributed by atoms with E-state index in [-0.39, 0.29) is 10.5 Å². The molecule has 3 rings (SSSR count). The molecule has 0 aliphatic carbocycles. The van der Waals surface area contributed by atoms with Crippen molar-refractivity contribution in [3.05, 3.63) is 35.4 Å². The van der Waals surface area contributed by atoms with Crippen LogP contribution in [-0.4, -0.2) is 24.0 Å². The molecule has 2 aliphatic rings. The summed E-state index contributed by atoms with van der Waals surface area (Å²) >= 11 is 0. The molecule has 2 atom stereocenters. The summed E-state index contributed by atoms with van der Waals surface area (Å²) in [5.74, 6) is 0.606. The first-order valence-corrected chi connectivity index (χ1v) is 9.47. The van der Waals surface area contributed by atoms with Crippen molar-refractivity contribution in [1.82, 2.24) is 0 Å². The molecule has 0 saturated carbocycles. The lowest BCUT2D eigenvalue weighted by molar-refractivity contribution is 0.0173. The highest BCUT2D eigenvalue weighted by atomic mass is 32.2. The molecule has 0 radical (unpaired) electrons. The third kappa shape index (κ3) is 2.64. The van der Waals surface area contributed by atoms with Gasteiger partial charge in [0.2, 0.25) is 0 Å². The van der Waals surface area contributed by atoms with E-state index in [2.05, 4.69) is 26.0 Å². The molecule has 3 nitrogen and oxygen atoms in total. The topological polar surface area (TPSA) is 54.4 Å². The standard InChI is InChI=1S/C17H24O3S/c1-12(2)9-13-3-5-14(6-4-13)17(18)10-15-7-8-16(11-17)21(15,19)20/h3-6,12,15-16,18H,7-11H2,1-2H3. The Labute approximate surface area is 127 Å². The normalized spacial score (nSPS) is 34.3. The minimum atomic E-state index is -2.99. The zero-order valence-electron chi connectivity index (χ0n) is 12.7. The Morgan fingerprint density at radius 3 is 2.14 bits per heavy atom.